The highest BCUT2D eigenvalue weighted by atomic mass is 16.3. The smallest absolute Gasteiger partial charge is 0.320 e. The van der Waals surface area contributed by atoms with E-state index < -0.39 is 11.0 Å². The van der Waals surface area contributed by atoms with Gasteiger partial charge in [0, 0.05) is 63.0 Å². The van der Waals surface area contributed by atoms with Crippen molar-refractivity contribution in [2.75, 3.05) is 32.7 Å². The number of urea groups is 1. The molecule has 2 aromatic heterocycles. The van der Waals surface area contributed by atoms with Gasteiger partial charge < -0.3 is 20.2 Å². The summed E-state index contributed by atoms with van der Waals surface area (Å²) in [7, 11) is 1.82. The molecule has 206 valence electrons. The number of aromatic nitrogens is 4. The Balaban J connectivity index is 1.22. The molecule has 10 nitrogen and oxygen atoms in total. The first kappa shape index (κ1) is 25.8. The third-order valence-corrected chi connectivity index (χ3v) is 9.09. The summed E-state index contributed by atoms with van der Waals surface area (Å²) in [5.41, 5.74) is 0.736. The molecular formula is C29H37N7O3. The largest absolute Gasteiger partial charge is 0.387 e. The van der Waals surface area contributed by atoms with Crippen LogP contribution in [0.2, 0.25) is 0 Å². The maximum absolute atomic E-state index is 13.9. The highest BCUT2D eigenvalue weighted by Gasteiger charge is 2.56. The molecule has 39 heavy (non-hydrogen) atoms. The van der Waals surface area contributed by atoms with Crippen molar-refractivity contribution in [2.45, 2.75) is 50.3 Å². The van der Waals surface area contributed by atoms with Gasteiger partial charge in [-0.3, -0.25) is 14.0 Å². The lowest BCUT2D eigenvalue weighted by atomic mass is 9.66. The fourth-order valence-electron chi connectivity index (χ4n) is 6.89. The predicted molar refractivity (Wildman–Crippen MR) is 147 cm³/mol. The first-order valence-corrected chi connectivity index (χ1v) is 14.0. The lowest BCUT2D eigenvalue weighted by Crippen LogP contribution is -2.64. The van der Waals surface area contributed by atoms with Gasteiger partial charge in [-0.05, 0) is 24.8 Å². The van der Waals surface area contributed by atoms with Gasteiger partial charge in [-0.1, -0.05) is 43.2 Å². The quantitative estimate of drug-likeness (QED) is 0.535. The van der Waals surface area contributed by atoms with Crippen LogP contribution in [0.25, 0.3) is 11.3 Å². The van der Waals surface area contributed by atoms with Crippen molar-refractivity contribution in [1.29, 1.82) is 0 Å². The minimum Gasteiger partial charge on any atom is -0.387 e. The molecule has 6 rings (SSSR count). The van der Waals surface area contributed by atoms with Crippen LogP contribution in [-0.4, -0.2) is 78.6 Å². The summed E-state index contributed by atoms with van der Waals surface area (Å²) in [6.45, 7) is 3.28. The molecule has 2 atom stereocenters. The first-order valence-electron chi connectivity index (χ1n) is 14.0. The van der Waals surface area contributed by atoms with Crippen molar-refractivity contribution >= 4 is 6.03 Å². The van der Waals surface area contributed by atoms with E-state index in [1.54, 1.807) is 10.9 Å². The van der Waals surface area contributed by atoms with Gasteiger partial charge in [0.2, 0.25) is 0 Å². The summed E-state index contributed by atoms with van der Waals surface area (Å²) in [6, 6.07) is 11.7. The van der Waals surface area contributed by atoms with E-state index >= 15 is 0 Å². The van der Waals surface area contributed by atoms with E-state index in [0.717, 1.165) is 49.9 Å². The summed E-state index contributed by atoms with van der Waals surface area (Å²) in [5, 5.41) is 19.8. The van der Waals surface area contributed by atoms with Gasteiger partial charge >= 0.3 is 6.03 Å². The standard InChI is InChI=1S/C29H37N7O3/c1-33-18-23(16-32-33)24-15-26(37)35(21-31-24)20-29(39)11-13-34(19-28(29)9-5-6-10-28)27(38)36-14-12-30-17-25(36)22-7-3-2-4-8-22/h2-4,7-8,15-16,18,21,25,30,39H,5-6,9-14,17,19-20H2,1H3/t25-,29?/m0/s1. The third-order valence-electron chi connectivity index (χ3n) is 9.09. The summed E-state index contributed by atoms with van der Waals surface area (Å²) in [5.74, 6) is 0. The number of carbonyl (C=O) groups is 1. The molecule has 2 N–H and O–H groups in total. The molecule has 3 fully saturated rings. The Kier molecular flexibility index (Phi) is 6.76. The Hall–Kier alpha value is -3.50. The average Bonchev–Trinajstić information content (AvgIpc) is 3.62. The number of aryl methyl sites for hydroxylation is 1. The topological polar surface area (TPSA) is 109 Å². The van der Waals surface area contributed by atoms with E-state index in [2.05, 4.69) is 27.5 Å². The molecule has 0 radical (unpaired) electrons. The Labute approximate surface area is 228 Å². The number of piperazine rings is 1. The van der Waals surface area contributed by atoms with Crippen LogP contribution in [0.3, 0.4) is 0 Å². The van der Waals surface area contributed by atoms with Crippen molar-refractivity contribution < 1.29 is 9.90 Å². The molecule has 0 bridgehead atoms. The number of likely N-dealkylation sites (tertiary alicyclic amines) is 1. The Bertz CT molecular complexity index is 1380. The van der Waals surface area contributed by atoms with E-state index in [1.807, 2.05) is 41.2 Å². The lowest BCUT2D eigenvalue weighted by Gasteiger charge is -2.53. The fourth-order valence-corrected chi connectivity index (χ4v) is 6.89. The zero-order valence-electron chi connectivity index (χ0n) is 22.5. The lowest BCUT2D eigenvalue weighted by molar-refractivity contribution is -0.137. The van der Waals surface area contributed by atoms with Gasteiger partial charge in [-0.25, -0.2) is 9.78 Å². The molecule has 3 aromatic rings. The molecule has 1 unspecified atom stereocenters. The van der Waals surface area contributed by atoms with Gasteiger partial charge in [-0.15, -0.1) is 0 Å². The molecule has 2 aliphatic heterocycles. The number of aliphatic hydroxyl groups is 1. The normalized spacial score (nSPS) is 24.8. The van der Waals surface area contributed by atoms with E-state index in [-0.39, 0.29) is 24.2 Å². The van der Waals surface area contributed by atoms with Crippen molar-refractivity contribution in [2.24, 2.45) is 12.5 Å². The van der Waals surface area contributed by atoms with Crippen LogP contribution < -0.4 is 10.9 Å². The molecule has 1 spiro atoms. The maximum Gasteiger partial charge on any atom is 0.320 e. The third kappa shape index (κ3) is 4.76. The van der Waals surface area contributed by atoms with Crippen LogP contribution in [0, 0.1) is 5.41 Å². The van der Waals surface area contributed by atoms with Crippen LogP contribution >= 0.6 is 0 Å². The fraction of sp³-hybridized carbons (Fsp3) is 0.517. The second-order valence-electron chi connectivity index (χ2n) is 11.4. The monoisotopic (exact) mass is 531 g/mol. The Morgan fingerprint density at radius 1 is 1.15 bits per heavy atom. The predicted octanol–water partition coefficient (Wildman–Crippen LogP) is 2.41. The van der Waals surface area contributed by atoms with E-state index in [4.69, 9.17) is 0 Å². The number of hydrogen-bond acceptors (Lipinski definition) is 6. The number of rotatable bonds is 4. The molecular weight excluding hydrogens is 494 g/mol. The minimum absolute atomic E-state index is 0.0178. The SMILES string of the molecule is Cn1cc(-c2cc(=O)n(CC3(O)CCN(C(=O)N4CCNC[C@H]4c4ccccc4)CC34CCCC4)cn2)cn1. The van der Waals surface area contributed by atoms with E-state index in [9.17, 15) is 14.7 Å². The molecule has 1 saturated carbocycles. The van der Waals surface area contributed by atoms with Gasteiger partial charge in [-0.2, -0.15) is 5.10 Å². The van der Waals surface area contributed by atoms with Gasteiger partial charge in [0.1, 0.15) is 0 Å². The number of hydrogen-bond donors (Lipinski definition) is 2. The van der Waals surface area contributed by atoms with Crippen LogP contribution in [0.4, 0.5) is 4.79 Å². The number of nitrogens with one attached hydrogen (secondary N) is 1. The van der Waals surface area contributed by atoms with Crippen LogP contribution in [-0.2, 0) is 13.6 Å². The highest BCUT2D eigenvalue weighted by Crippen LogP contribution is 2.51. The summed E-state index contributed by atoms with van der Waals surface area (Å²) in [6.07, 6.45) is 9.17. The van der Waals surface area contributed by atoms with Crippen LogP contribution in [0.5, 0.6) is 0 Å². The number of carbonyl (C=O) groups excluding carboxylic acids is 1. The second kappa shape index (κ2) is 10.2. The van der Waals surface area contributed by atoms with E-state index in [1.165, 1.54) is 17.0 Å². The molecule has 3 aliphatic rings. The zero-order valence-corrected chi connectivity index (χ0v) is 22.5. The first-order chi connectivity index (χ1) is 18.9. The Morgan fingerprint density at radius 2 is 1.95 bits per heavy atom. The van der Waals surface area contributed by atoms with Gasteiger partial charge in [0.15, 0.2) is 0 Å². The number of piperidine rings is 1. The maximum atomic E-state index is 13.9. The molecule has 2 saturated heterocycles. The summed E-state index contributed by atoms with van der Waals surface area (Å²) >= 11 is 0. The van der Waals surface area contributed by atoms with Crippen molar-refractivity contribution in [3.8, 4) is 11.3 Å². The Morgan fingerprint density at radius 3 is 2.67 bits per heavy atom. The van der Waals surface area contributed by atoms with Crippen molar-refractivity contribution in [3.05, 3.63) is 71.0 Å². The second-order valence-corrected chi connectivity index (χ2v) is 11.4. The van der Waals surface area contributed by atoms with E-state index in [0.29, 0.717) is 31.7 Å². The number of benzene rings is 1. The summed E-state index contributed by atoms with van der Waals surface area (Å²) < 4.78 is 3.20. The van der Waals surface area contributed by atoms with Gasteiger partial charge in [0.05, 0.1) is 36.4 Å². The van der Waals surface area contributed by atoms with Crippen LogP contribution in [0.1, 0.15) is 43.7 Å². The molecule has 10 heteroatoms. The minimum atomic E-state index is -1.09. The summed E-state index contributed by atoms with van der Waals surface area (Å²) in [4.78, 5) is 35.5. The zero-order chi connectivity index (χ0) is 27.0. The van der Waals surface area contributed by atoms with Crippen LogP contribution in [0.15, 0.2) is 59.9 Å². The van der Waals surface area contributed by atoms with Crippen molar-refractivity contribution in [1.82, 2.24) is 34.4 Å². The molecule has 2 amide bonds. The number of amides is 2. The van der Waals surface area contributed by atoms with Crippen molar-refractivity contribution in [3.63, 3.8) is 0 Å². The molecule has 1 aliphatic carbocycles. The number of nitrogens with zero attached hydrogens (tertiary/aromatic N) is 6. The van der Waals surface area contributed by atoms with Gasteiger partial charge in [0.25, 0.3) is 5.56 Å². The molecule has 1 aromatic carbocycles. The highest BCUT2D eigenvalue weighted by molar-refractivity contribution is 5.75. The average molecular weight is 532 g/mol. The molecule has 4 heterocycles.